The van der Waals surface area contributed by atoms with Gasteiger partial charge in [-0.3, -0.25) is 4.79 Å². The Hall–Kier alpha value is -1.09. The largest absolute Gasteiger partial charge is 0.462 e. The first kappa shape index (κ1) is 27.0. The van der Waals surface area contributed by atoms with Crippen molar-refractivity contribution in [3.05, 3.63) is 23.3 Å². The molecule has 0 heterocycles. The minimum Gasteiger partial charge on any atom is -0.462 e. The van der Waals surface area contributed by atoms with Crippen molar-refractivity contribution in [2.24, 2.45) is 39.4 Å². The summed E-state index contributed by atoms with van der Waals surface area (Å²) in [5.74, 6) is 1.79. The van der Waals surface area contributed by atoms with Crippen LogP contribution in [0.3, 0.4) is 0 Å². The average molecular weight is 485 g/mol. The number of aliphatic hydroxyl groups is 1. The molecule has 198 valence electrons. The van der Waals surface area contributed by atoms with Gasteiger partial charge in [-0.1, -0.05) is 64.8 Å². The van der Waals surface area contributed by atoms with Gasteiger partial charge >= 0.3 is 5.97 Å². The summed E-state index contributed by atoms with van der Waals surface area (Å²) in [6.07, 6.45) is 11.3. The molecule has 0 spiro atoms. The van der Waals surface area contributed by atoms with E-state index in [0.717, 1.165) is 37.2 Å². The summed E-state index contributed by atoms with van der Waals surface area (Å²) in [4.78, 5) is 11.8. The van der Waals surface area contributed by atoms with E-state index in [1.807, 2.05) is 12.5 Å². The van der Waals surface area contributed by atoms with Gasteiger partial charge in [0.2, 0.25) is 0 Å². The molecular weight excluding hydrogens is 432 g/mol. The number of allylic oxidation sites excluding steroid dienone is 2. The third-order valence-corrected chi connectivity index (χ3v) is 12.2. The van der Waals surface area contributed by atoms with Crippen molar-refractivity contribution in [2.45, 2.75) is 132 Å². The van der Waals surface area contributed by atoms with E-state index in [1.54, 1.807) is 12.5 Å². The fourth-order valence-corrected chi connectivity index (χ4v) is 9.90. The van der Waals surface area contributed by atoms with Crippen LogP contribution < -0.4 is 0 Å². The standard InChI is InChI=1S/C32H52O3/c1-20(2)26(34)12-10-21(3)23-14-18-32(9)25-11-13-27-29(5,6)28(35-22(4)33)16-17-30(27,7)24(25)15-19-31(23,32)8/h21,23,26-28,34H,1,10-19H2,2-9H3/t21-,23-,26-,27?,28+,30-,31-,32+/m1/s1. The first-order valence-corrected chi connectivity index (χ1v) is 14.4. The van der Waals surface area contributed by atoms with Crippen molar-refractivity contribution >= 4 is 5.97 Å². The van der Waals surface area contributed by atoms with Gasteiger partial charge in [-0.05, 0) is 105 Å². The van der Waals surface area contributed by atoms with E-state index in [4.69, 9.17) is 4.74 Å². The van der Waals surface area contributed by atoms with Crippen LogP contribution in [0.15, 0.2) is 23.3 Å². The van der Waals surface area contributed by atoms with Gasteiger partial charge in [-0.15, -0.1) is 0 Å². The van der Waals surface area contributed by atoms with Gasteiger partial charge in [0.05, 0.1) is 6.10 Å². The maximum atomic E-state index is 11.8. The van der Waals surface area contributed by atoms with Crippen molar-refractivity contribution in [3.63, 3.8) is 0 Å². The molecule has 2 saturated carbocycles. The minimum absolute atomic E-state index is 0.00962. The lowest BCUT2D eigenvalue weighted by molar-refractivity contribution is -0.167. The Kier molecular flexibility index (Phi) is 6.96. The number of aliphatic hydroxyl groups excluding tert-OH is 1. The molecule has 1 unspecified atom stereocenters. The van der Waals surface area contributed by atoms with Gasteiger partial charge in [0.15, 0.2) is 0 Å². The molecule has 0 aliphatic heterocycles. The number of esters is 1. The summed E-state index contributed by atoms with van der Waals surface area (Å²) in [5.41, 5.74) is 5.36. The van der Waals surface area contributed by atoms with E-state index >= 15 is 0 Å². The monoisotopic (exact) mass is 484 g/mol. The second kappa shape index (κ2) is 9.03. The van der Waals surface area contributed by atoms with Gasteiger partial charge in [-0.2, -0.15) is 0 Å². The number of rotatable bonds is 6. The first-order valence-electron chi connectivity index (χ1n) is 14.4. The molecule has 2 fully saturated rings. The molecule has 0 radical (unpaired) electrons. The van der Waals surface area contributed by atoms with E-state index < -0.39 is 0 Å². The molecule has 3 nitrogen and oxygen atoms in total. The van der Waals surface area contributed by atoms with Crippen molar-refractivity contribution in [1.29, 1.82) is 0 Å². The highest BCUT2D eigenvalue weighted by molar-refractivity contribution is 5.66. The number of hydrogen-bond acceptors (Lipinski definition) is 3. The Morgan fingerprint density at radius 2 is 1.69 bits per heavy atom. The van der Waals surface area contributed by atoms with Gasteiger partial charge in [0.1, 0.15) is 6.10 Å². The number of hydrogen-bond donors (Lipinski definition) is 1. The molecule has 0 amide bonds. The van der Waals surface area contributed by atoms with Crippen LogP contribution in [0.2, 0.25) is 0 Å². The van der Waals surface area contributed by atoms with Gasteiger partial charge in [0, 0.05) is 12.3 Å². The molecule has 0 aromatic carbocycles. The van der Waals surface area contributed by atoms with Crippen LogP contribution in [-0.4, -0.2) is 23.3 Å². The summed E-state index contributed by atoms with van der Waals surface area (Å²) < 4.78 is 5.86. The molecular formula is C32H52O3. The first-order chi connectivity index (χ1) is 16.2. The van der Waals surface area contributed by atoms with Crippen molar-refractivity contribution in [2.75, 3.05) is 0 Å². The average Bonchev–Trinajstić information content (AvgIpc) is 3.05. The van der Waals surface area contributed by atoms with E-state index in [1.165, 1.54) is 38.5 Å². The number of fused-ring (bicyclic) bond motifs is 4. The molecule has 4 aliphatic rings. The Bertz CT molecular complexity index is 898. The molecule has 0 aromatic heterocycles. The predicted octanol–water partition coefficient (Wildman–Crippen LogP) is 8.02. The molecule has 0 bridgehead atoms. The Labute approximate surface area is 215 Å². The summed E-state index contributed by atoms with van der Waals surface area (Å²) in [5, 5.41) is 10.3. The van der Waals surface area contributed by atoms with Crippen molar-refractivity contribution in [3.8, 4) is 0 Å². The molecule has 0 aromatic rings. The molecule has 1 N–H and O–H groups in total. The number of carbonyl (C=O) groups excluding carboxylic acids is 1. The zero-order chi connectivity index (χ0) is 26.0. The topological polar surface area (TPSA) is 46.5 Å². The maximum absolute atomic E-state index is 11.8. The van der Waals surface area contributed by atoms with E-state index in [9.17, 15) is 9.90 Å². The third kappa shape index (κ3) is 4.07. The quantitative estimate of drug-likeness (QED) is 0.307. The minimum atomic E-state index is -0.362. The fraction of sp³-hybridized carbons (Fsp3) is 0.844. The van der Waals surface area contributed by atoms with Crippen LogP contribution in [0.4, 0.5) is 0 Å². The molecule has 35 heavy (non-hydrogen) atoms. The normalized spacial score (nSPS) is 41.9. The summed E-state index contributed by atoms with van der Waals surface area (Å²) in [6.45, 7) is 22.4. The predicted molar refractivity (Wildman–Crippen MR) is 144 cm³/mol. The van der Waals surface area contributed by atoms with Gasteiger partial charge in [-0.25, -0.2) is 0 Å². The van der Waals surface area contributed by atoms with Crippen molar-refractivity contribution in [1.82, 2.24) is 0 Å². The van der Waals surface area contributed by atoms with Crippen LogP contribution in [0.1, 0.15) is 120 Å². The third-order valence-electron chi connectivity index (χ3n) is 12.2. The fourth-order valence-electron chi connectivity index (χ4n) is 9.90. The van der Waals surface area contributed by atoms with Crippen LogP contribution in [0, 0.1) is 39.4 Å². The summed E-state index contributed by atoms with van der Waals surface area (Å²) in [7, 11) is 0. The zero-order valence-electron chi connectivity index (χ0n) is 23.9. The van der Waals surface area contributed by atoms with E-state index in [0.29, 0.717) is 17.3 Å². The molecule has 8 atom stereocenters. The highest BCUT2D eigenvalue weighted by atomic mass is 16.5. The number of carbonyl (C=O) groups is 1. The SMILES string of the molecule is C=C(C)[C@H](O)CC[C@@H](C)[C@H]1CC[C@@]2(C)C3=C(CC[C@]12C)[C@@]1(C)CC[C@H](OC(C)=O)C(C)(C)C1CC3. The molecule has 0 saturated heterocycles. The molecule has 4 rings (SSSR count). The Morgan fingerprint density at radius 1 is 1.00 bits per heavy atom. The summed E-state index contributed by atoms with van der Waals surface area (Å²) >= 11 is 0. The smallest absolute Gasteiger partial charge is 0.302 e. The van der Waals surface area contributed by atoms with Crippen LogP contribution >= 0.6 is 0 Å². The zero-order valence-corrected chi connectivity index (χ0v) is 23.9. The summed E-state index contributed by atoms with van der Waals surface area (Å²) in [6, 6.07) is 0. The lowest BCUT2D eigenvalue weighted by Gasteiger charge is -2.62. The lowest BCUT2D eigenvalue weighted by atomic mass is 9.43. The lowest BCUT2D eigenvalue weighted by Crippen LogP contribution is -2.55. The van der Waals surface area contributed by atoms with E-state index in [2.05, 4.69) is 48.1 Å². The Morgan fingerprint density at radius 3 is 2.31 bits per heavy atom. The maximum Gasteiger partial charge on any atom is 0.302 e. The van der Waals surface area contributed by atoms with Crippen LogP contribution in [0.5, 0.6) is 0 Å². The highest BCUT2D eigenvalue weighted by Gasteiger charge is 2.63. The number of ether oxygens (including phenoxy) is 1. The van der Waals surface area contributed by atoms with Crippen molar-refractivity contribution < 1.29 is 14.6 Å². The van der Waals surface area contributed by atoms with E-state index in [-0.39, 0.29) is 34.4 Å². The van der Waals surface area contributed by atoms with Crippen LogP contribution in [0.25, 0.3) is 0 Å². The van der Waals surface area contributed by atoms with Crippen LogP contribution in [-0.2, 0) is 9.53 Å². The highest BCUT2D eigenvalue weighted by Crippen LogP contribution is 2.72. The Balaban J connectivity index is 1.61. The second-order valence-electron chi connectivity index (χ2n) is 14.2. The molecule has 3 heteroatoms. The van der Waals surface area contributed by atoms with Gasteiger partial charge < -0.3 is 9.84 Å². The molecule has 4 aliphatic carbocycles. The van der Waals surface area contributed by atoms with Gasteiger partial charge in [0.25, 0.3) is 0 Å². The second-order valence-corrected chi connectivity index (χ2v) is 14.2.